The van der Waals surface area contributed by atoms with E-state index in [-0.39, 0.29) is 6.10 Å². The summed E-state index contributed by atoms with van der Waals surface area (Å²) in [4.78, 5) is 0. The first-order valence-corrected chi connectivity index (χ1v) is 4.70. The van der Waals surface area contributed by atoms with Crippen molar-refractivity contribution in [2.24, 2.45) is 13.0 Å². The molecule has 0 bridgehead atoms. The third-order valence-electron chi connectivity index (χ3n) is 2.38. The molecule has 5 heteroatoms. The molecule has 78 valence electrons. The van der Waals surface area contributed by atoms with Crippen LogP contribution in [0, 0.1) is 5.92 Å². The highest BCUT2D eigenvalue weighted by Crippen LogP contribution is 2.23. The summed E-state index contributed by atoms with van der Waals surface area (Å²) in [6.45, 7) is 3.46. The maximum atomic E-state index is 5.72. The number of rotatable bonds is 2. The Morgan fingerprint density at radius 1 is 1.64 bits per heavy atom. The van der Waals surface area contributed by atoms with Gasteiger partial charge in [0.05, 0.1) is 19.4 Å². The maximum absolute atomic E-state index is 5.72. The second-order valence-corrected chi connectivity index (χ2v) is 3.73. The number of nitrogens with zero attached hydrogens (tertiary/aromatic N) is 2. The smallest absolute Gasteiger partial charge is 0.256 e. The van der Waals surface area contributed by atoms with Crippen LogP contribution >= 0.6 is 0 Å². The van der Waals surface area contributed by atoms with E-state index in [4.69, 9.17) is 15.2 Å². The molecule has 1 saturated heterocycles. The number of nitrogen functional groups attached to an aromatic ring is 1. The molecule has 2 rings (SSSR count). The van der Waals surface area contributed by atoms with Crippen LogP contribution in [0.3, 0.4) is 0 Å². The fourth-order valence-electron chi connectivity index (χ4n) is 1.51. The second-order valence-electron chi connectivity index (χ2n) is 3.73. The van der Waals surface area contributed by atoms with Crippen molar-refractivity contribution in [2.75, 3.05) is 18.9 Å². The predicted octanol–water partition coefficient (Wildman–Crippen LogP) is 0.416. The fourth-order valence-corrected chi connectivity index (χ4v) is 1.51. The Labute approximate surface area is 82.8 Å². The Morgan fingerprint density at radius 3 is 2.93 bits per heavy atom. The topological polar surface area (TPSA) is 62.3 Å². The highest BCUT2D eigenvalue weighted by atomic mass is 16.6. The molecule has 0 amide bonds. The molecule has 0 saturated carbocycles. The monoisotopic (exact) mass is 197 g/mol. The van der Waals surface area contributed by atoms with Gasteiger partial charge in [-0.15, -0.1) is 5.10 Å². The Kier molecular flexibility index (Phi) is 2.33. The lowest BCUT2D eigenvalue weighted by Crippen LogP contribution is -2.23. The van der Waals surface area contributed by atoms with Gasteiger partial charge in [0.2, 0.25) is 0 Å². The highest BCUT2D eigenvalue weighted by Gasteiger charge is 2.27. The lowest BCUT2D eigenvalue weighted by Gasteiger charge is -2.13. The quantitative estimate of drug-likeness (QED) is 0.746. The van der Waals surface area contributed by atoms with E-state index in [1.165, 1.54) is 0 Å². The van der Waals surface area contributed by atoms with Crippen molar-refractivity contribution in [1.82, 2.24) is 9.78 Å². The number of aromatic nitrogens is 2. The molecule has 2 heterocycles. The molecule has 0 radical (unpaired) electrons. The van der Waals surface area contributed by atoms with Crippen LogP contribution in [-0.2, 0) is 11.8 Å². The van der Waals surface area contributed by atoms with Gasteiger partial charge in [-0.1, -0.05) is 6.92 Å². The van der Waals surface area contributed by atoms with Crippen LogP contribution in [0.2, 0.25) is 0 Å². The number of aryl methyl sites for hydroxylation is 1. The lowest BCUT2D eigenvalue weighted by atomic mass is 10.1. The first-order chi connectivity index (χ1) is 6.66. The summed E-state index contributed by atoms with van der Waals surface area (Å²) < 4.78 is 12.6. The van der Waals surface area contributed by atoms with Crippen LogP contribution in [0.15, 0.2) is 6.20 Å². The van der Waals surface area contributed by atoms with Crippen molar-refractivity contribution in [2.45, 2.75) is 13.0 Å². The highest BCUT2D eigenvalue weighted by molar-refractivity contribution is 5.45. The zero-order valence-electron chi connectivity index (χ0n) is 8.43. The summed E-state index contributed by atoms with van der Waals surface area (Å²) >= 11 is 0. The predicted molar refractivity (Wildman–Crippen MR) is 52.0 cm³/mol. The first-order valence-electron chi connectivity index (χ1n) is 4.70. The van der Waals surface area contributed by atoms with Gasteiger partial charge < -0.3 is 15.2 Å². The molecule has 0 aromatic carbocycles. The van der Waals surface area contributed by atoms with E-state index in [1.54, 1.807) is 10.9 Å². The molecular formula is C9H15N3O2. The summed E-state index contributed by atoms with van der Waals surface area (Å²) in [5.74, 6) is 0.909. The summed E-state index contributed by atoms with van der Waals surface area (Å²) in [5, 5.41) is 4.12. The van der Waals surface area contributed by atoms with Crippen molar-refractivity contribution in [1.29, 1.82) is 0 Å². The zero-order valence-corrected chi connectivity index (χ0v) is 8.43. The van der Waals surface area contributed by atoms with Crippen molar-refractivity contribution in [3.05, 3.63) is 6.20 Å². The van der Waals surface area contributed by atoms with E-state index in [2.05, 4.69) is 12.0 Å². The average molecular weight is 197 g/mol. The Hall–Kier alpha value is -1.23. The Balaban J connectivity index is 2.06. The molecule has 0 unspecified atom stereocenters. The Morgan fingerprint density at radius 2 is 2.43 bits per heavy atom. The molecule has 2 N–H and O–H groups in total. The lowest BCUT2D eigenvalue weighted by molar-refractivity contribution is 0.134. The van der Waals surface area contributed by atoms with Gasteiger partial charge in [0.15, 0.2) is 0 Å². The Bertz CT molecular complexity index is 324. The molecule has 1 aliphatic heterocycles. The molecule has 1 aromatic rings. The molecule has 1 aliphatic rings. The van der Waals surface area contributed by atoms with Crippen molar-refractivity contribution in [3.8, 4) is 5.88 Å². The van der Waals surface area contributed by atoms with E-state index in [9.17, 15) is 0 Å². The summed E-state index contributed by atoms with van der Waals surface area (Å²) in [6, 6.07) is 0. The summed E-state index contributed by atoms with van der Waals surface area (Å²) in [6.07, 6.45) is 1.81. The van der Waals surface area contributed by atoms with Gasteiger partial charge >= 0.3 is 0 Å². The van der Waals surface area contributed by atoms with Gasteiger partial charge in [-0.3, -0.25) is 4.68 Å². The summed E-state index contributed by atoms with van der Waals surface area (Å²) in [5.41, 5.74) is 6.29. The van der Waals surface area contributed by atoms with Crippen molar-refractivity contribution >= 4 is 5.69 Å². The second kappa shape index (κ2) is 3.49. The number of ether oxygens (including phenoxy) is 2. The van der Waals surface area contributed by atoms with Crippen LogP contribution in [-0.4, -0.2) is 29.1 Å². The summed E-state index contributed by atoms with van der Waals surface area (Å²) in [7, 11) is 1.82. The number of hydrogen-bond donors (Lipinski definition) is 1. The van der Waals surface area contributed by atoms with Gasteiger partial charge in [-0.2, -0.15) is 0 Å². The van der Waals surface area contributed by atoms with Gasteiger partial charge in [0.25, 0.3) is 5.88 Å². The zero-order chi connectivity index (χ0) is 10.1. The molecule has 5 nitrogen and oxygen atoms in total. The largest absolute Gasteiger partial charge is 0.469 e. The minimum Gasteiger partial charge on any atom is -0.469 e. The standard InChI is InChI=1S/C9H15N3O2/c1-6-4-13-5-8(6)14-9-7(10)3-12(2)11-9/h3,6,8H,4-5,10H2,1-2H3/t6-,8-/m0/s1. The van der Waals surface area contributed by atoms with Crippen LogP contribution < -0.4 is 10.5 Å². The number of hydrogen-bond acceptors (Lipinski definition) is 4. The van der Waals surface area contributed by atoms with Crippen LogP contribution in [0.4, 0.5) is 5.69 Å². The molecule has 14 heavy (non-hydrogen) atoms. The fraction of sp³-hybridized carbons (Fsp3) is 0.667. The van der Waals surface area contributed by atoms with Crippen molar-refractivity contribution in [3.63, 3.8) is 0 Å². The first kappa shape index (κ1) is 9.33. The maximum Gasteiger partial charge on any atom is 0.256 e. The van der Waals surface area contributed by atoms with Crippen LogP contribution in [0.1, 0.15) is 6.92 Å². The number of nitrogens with two attached hydrogens (primary N) is 1. The van der Waals surface area contributed by atoms with E-state index >= 15 is 0 Å². The van der Waals surface area contributed by atoms with Crippen molar-refractivity contribution < 1.29 is 9.47 Å². The van der Waals surface area contributed by atoms with Crippen LogP contribution in [0.25, 0.3) is 0 Å². The van der Waals surface area contributed by atoms with Gasteiger partial charge in [0.1, 0.15) is 11.8 Å². The minimum absolute atomic E-state index is 0.0761. The van der Waals surface area contributed by atoms with Gasteiger partial charge in [0, 0.05) is 13.0 Å². The SMILES string of the molecule is C[C@H]1COC[C@@H]1Oc1nn(C)cc1N. The normalized spacial score (nSPS) is 26.7. The molecule has 1 aromatic heterocycles. The molecular weight excluding hydrogens is 182 g/mol. The minimum atomic E-state index is 0.0761. The molecule has 2 atom stereocenters. The van der Waals surface area contributed by atoms with E-state index in [0.717, 1.165) is 6.61 Å². The van der Waals surface area contributed by atoms with E-state index < -0.39 is 0 Å². The third-order valence-corrected chi connectivity index (χ3v) is 2.38. The van der Waals surface area contributed by atoms with Gasteiger partial charge in [-0.05, 0) is 0 Å². The molecule has 1 fully saturated rings. The van der Waals surface area contributed by atoms with Gasteiger partial charge in [-0.25, -0.2) is 0 Å². The number of anilines is 1. The third kappa shape index (κ3) is 1.68. The molecule has 0 aliphatic carbocycles. The van der Waals surface area contributed by atoms with Crippen LogP contribution in [0.5, 0.6) is 5.88 Å². The average Bonchev–Trinajstić information content (AvgIpc) is 2.62. The van der Waals surface area contributed by atoms with E-state index in [0.29, 0.717) is 24.1 Å². The molecule has 0 spiro atoms. The van der Waals surface area contributed by atoms with E-state index in [1.807, 2.05) is 7.05 Å².